The molecule has 2 aliphatic carbocycles. The number of hydrogen-bond donors (Lipinski definition) is 1. The van der Waals surface area contributed by atoms with Gasteiger partial charge in [0.25, 0.3) is 0 Å². The van der Waals surface area contributed by atoms with Gasteiger partial charge in [0.15, 0.2) is 0 Å². The van der Waals surface area contributed by atoms with E-state index in [0.29, 0.717) is 5.92 Å². The van der Waals surface area contributed by atoms with Crippen molar-refractivity contribution in [3.05, 3.63) is 28.8 Å². The van der Waals surface area contributed by atoms with Crippen molar-refractivity contribution in [2.24, 2.45) is 23.5 Å². The fraction of sp³-hybridized carbons (Fsp3) is 0.571. The summed E-state index contributed by atoms with van der Waals surface area (Å²) in [4.78, 5) is 0. The van der Waals surface area contributed by atoms with Gasteiger partial charge in [-0.25, -0.2) is 0 Å². The molecule has 0 amide bonds. The fourth-order valence-electron chi connectivity index (χ4n) is 3.58. The summed E-state index contributed by atoms with van der Waals surface area (Å²) in [6, 6.07) is 5.80. The maximum Gasteiger partial charge on any atom is 0.123 e. The van der Waals surface area contributed by atoms with E-state index in [0.717, 1.165) is 28.2 Å². The van der Waals surface area contributed by atoms with E-state index in [9.17, 15) is 0 Å². The van der Waals surface area contributed by atoms with Crippen LogP contribution in [0.25, 0.3) is 0 Å². The van der Waals surface area contributed by atoms with E-state index >= 15 is 0 Å². The summed E-state index contributed by atoms with van der Waals surface area (Å²) in [7, 11) is 1.69. The van der Waals surface area contributed by atoms with E-state index in [2.05, 4.69) is 0 Å². The van der Waals surface area contributed by atoms with Gasteiger partial charge >= 0.3 is 0 Å². The molecule has 1 aromatic rings. The van der Waals surface area contributed by atoms with Crippen LogP contribution in [0.15, 0.2) is 18.2 Å². The molecule has 1 aromatic carbocycles. The van der Waals surface area contributed by atoms with Gasteiger partial charge in [0.2, 0.25) is 0 Å². The van der Waals surface area contributed by atoms with Crippen molar-refractivity contribution in [2.75, 3.05) is 7.11 Å². The van der Waals surface area contributed by atoms with Gasteiger partial charge < -0.3 is 10.5 Å². The van der Waals surface area contributed by atoms with Gasteiger partial charge in [-0.1, -0.05) is 18.0 Å². The van der Waals surface area contributed by atoms with Gasteiger partial charge in [0.05, 0.1) is 7.11 Å². The van der Waals surface area contributed by atoms with Crippen LogP contribution in [0.1, 0.15) is 30.9 Å². The zero-order valence-electron chi connectivity index (χ0n) is 10.0. The van der Waals surface area contributed by atoms with Gasteiger partial charge in [-0.15, -0.1) is 0 Å². The van der Waals surface area contributed by atoms with Gasteiger partial charge in [0, 0.05) is 16.6 Å². The van der Waals surface area contributed by atoms with Gasteiger partial charge in [-0.05, 0) is 48.8 Å². The third-order valence-electron chi connectivity index (χ3n) is 4.44. The summed E-state index contributed by atoms with van der Waals surface area (Å²) < 4.78 is 5.38. The maximum atomic E-state index is 6.40. The van der Waals surface area contributed by atoms with Crippen molar-refractivity contribution in [1.29, 1.82) is 0 Å². The average Bonchev–Trinajstić information content (AvgIpc) is 2.81. The first-order valence-electron chi connectivity index (χ1n) is 6.31. The Morgan fingerprint density at radius 2 is 2.06 bits per heavy atom. The molecule has 0 aromatic heterocycles. The fourth-order valence-corrected chi connectivity index (χ4v) is 3.76. The standard InChI is InChI=1S/C14H18ClNO/c1-17-12-6-5-8(15)7-11(12)14(16)13-9-3-2-4-10(9)13/h5-7,9-10,13-14H,2-4,16H2,1H3. The van der Waals surface area contributed by atoms with Crippen molar-refractivity contribution in [1.82, 2.24) is 0 Å². The zero-order valence-corrected chi connectivity index (χ0v) is 10.8. The van der Waals surface area contributed by atoms with Crippen molar-refractivity contribution >= 4 is 11.6 Å². The normalized spacial score (nSPS) is 32.1. The number of rotatable bonds is 3. The average molecular weight is 252 g/mol. The quantitative estimate of drug-likeness (QED) is 0.894. The summed E-state index contributed by atoms with van der Waals surface area (Å²) in [6.45, 7) is 0. The minimum Gasteiger partial charge on any atom is -0.496 e. The lowest BCUT2D eigenvalue weighted by Gasteiger charge is -2.17. The summed E-state index contributed by atoms with van der Waals surface area (Å²) >= 11 is 6.05. The molecule has 3 atom stereocenters. The molecular weight excluding hydrogens is 234 g/mol. The first-order chi connectivity index (χ1) is 8.22. The van der Waals surface area contributed by atoms with Crippen LogP contribution in [0.4, 0.5) is 0 Å². The molecular formula is C14H18ClNO. The molecule has 2 saturated carbocycles. The highest BCUT2D eigenvalue weighted by Crippen LogP contribution is 2.62. The van der Waals surface area contributed by atoms with Gasteiger partial charge in [-0.3, -0.25) is 0 Å². The third kappa shape index (κ3) is 1.84. The summed E-state index contributed by atoms with van der Waals surface area (Å²) in [6.07, 6.45) is 4.09. The molecule has 0 radical (unpaired) electrons. The summed E-state index contributed by atoms with van der Waals surface area (Å²) in [5.41, 5.74) is 7.47. The molecule has 3 rings (SSSR count). The molecule has 17 heavy (non-hydrogen) atoms. The second kappa shape index (κ2) is 4.18. The van der Waals surface area contributed by atoms with Crippen LogP contribution in [0.3, 0.4) is 0 Å². The number of fused-ring (bicyclic) bond motifs is 1. The van der Waals surface area contributed by atoms with Gasteiger partial charge in [0.1, 0.15) is 5.75 Å². The Balaban J connectivity index is 1.85. The minimum atomic E-state index is 0.0824. The van der Waals surface area contributed by atoms with Crippen LogP contribution in [-0.4, -0.2) is 7.11 Å². The first-order valence-corrected chi connectivity index (χ1v) is 6.69. The van der Waals surface area contributed by atoms with E-state index in [1.807, 2.05) is 18.2 Å². The topological polar surface area (TPSA) is 35.2 Å². The molecule has 2 aliphatic rings. The van der Waals surface area contributed by atoms with E-state index in [1.54, 1.807) is 7.11 Å². The second-order valence-corrected chi connectivity index (χ2v) is 5.68. The lowest BCUT2D eigenvalue weighted by atomic mass is 9.97. The molecule has 2 fully saturated rings. The molecule has 0 heterocycles. The van der Waals surface area contributed by atoms with Crippen LogP contribution >= 0.6 is 11.6 Å². The molecule has 92 valence electrons. The molecule has 2 N–H and O–H groups in total. The van der Waals surface area contributed by atoms with Gasteiger partial charge in [-0.2, -0.15) is 0 Å². The highest BCUT2D eigenvalue weighted by Gasteiger charge is 2.55. The summed E-state index contributed by atoms with van der Waals surface area (Å²) in [5, 5.41) is 0.738. The Morgan fingerprint density at radius 1 is 1.35 bits per heavy atom. The van der Waals surface area contributed by atoms with Crippen LogP contribution < -0.4 is 10.5 Å². The lowest BCUT2D eigenvalue weighted by Crippen LogP contribution is -2.16. The molecule has 0 bridgehead atoms. The second-order valence-electron chi connectivity index (χ2n) is 5.25. The van der Waals surface area contributed by atoms with Crippen LogP contribution in [0.5, 0.6) is 5.75 Å². The molecule has 0 spiro atoms. The Hall–Kier alpha value is -0.730. The molecule has 0 saturated heterocycles. The Kier molecular flexibility index (Phi) is 2.80. The number of hydrogen-bond acceptors (Lipinski definition) is 2. The number of nitrogens with two attached hydrogens (primary N) is 1. The van der Waals surface area contributed by atoms with E-state index < -0.39 is 0 Å². The Bertz CT molecular complexity index is 424. The zero-order chi connectivity index (χ0) is 12.0. The van der Waals surface area contributed by atoms with Crippen molar-refractivity contribution in [3.8, 4) is 5.75 Å². The van der Waals surface area contributed by atoms with Crippen molar-refractivity contribution in [2.45, 2.75) is 25.3 Å². The molecule has 0 aliphatic heterocycles. The Morgan fingerprint density at radius 3 is 2.71 bits per heavy atom. The Labute approximate surface area is 107 Å². The first kappa shape index (κ1) is 11.4. The van der Waals surface area contributed by atoms with Crippen molar-refractivity contribution in [3.63, 3.8) is 0 Å². The molecule has 3 heteroatoms. The number of methoxy groups -OCH3 is 1. The minimum absolute atomic E-state index is 0.0824. The third-order valence-corrected chi connectivity index (χ3v) is 4.67. The highest BCUT2D eigenvalue weighted by atomic mass is 35.5. The number of halogens is 1. The van der Waals surface area contributed by atoms with E-state index in [4.69, 9.17) is 22.1 Å². The molecule has 3 unspecified atom stereocenters. The SMILES string of the molecule is COc1ccc(Cl)cc1C(N)C1C2CCCC21. The monoisotopic (exact) mass is 251 g/mol. The lowest BCUT2D eigenvalue weighted by molar-refractivity contribution is 0.397. The van der Waals surface area contributed by atoms with E-state index in [1.165, 1.54) is 19.3 Å². The predicted octanol–water partition coefficient (Wildman–Crippen LogP) is 3.39. The maximum absolute atomic E-state index is 6.40. The van der Waals surface area contributed by atoms with Crippen LogP contribution in [0, 0.1) is 17.8 Å². The van der Waals surface area contributed by atoms with E-state index in [-0.39, 0.29) is 6.04 Å². The highest BCUT2D eigenvalue weighted by molar-refractivity contribution is 6.30. The smallest absolute Gasteiger partial charge is 0.123 e. The largest absolute Gasteiger partial charge is 0.496 e. The summed E-state index contributed by atoms with van der Waals surface area (Å²) in [5.74, 6) is 3.23. The van der Waals surface area contributed by atoms with Crippen LogP contribution in [-0.2, 0) is 0 Å². The predicted molar refractivity (Wildman–Crippen MR) is 69.3 cm³/mol. The number of ether oxygens (including phenoxy) is 1. The van der Waals surface area contributed by atoms with Crippen molar-refractivity contribution < 1.29 is 4.74 Å². The molecule has 2 nitrogen and oxygen atoms in total. The number of benzene rings is 1. The van der Waals surface area contributed by atoms with Crippen LogP contribution in [0.2, 0.25) is 5.02 Å².